The molecule has 226 valence electrons. The zero-order chi connectivity index (χ0) is 30.7. The Labute approximate surface area is 247 Å². The molecule has 1 unspecified atom stereocenters. The van der Waals surface area contributed by atoms with E-state index in [-0.39, 0.29) is 17.5 Å². The van der Waals surface area contributed by atoms with Crippen molar-refractivity contribution in [3.8, 4) is 11.3 Å². The third-order valence-electron chi connectivity index (χ3n) is 8.31. The van der Waals surface area contributed by atoms with Crippen LogP contribution in [0.3, 0.4) is 0 Å². The van der Waals surface area contributed by atoms with Gasteiger partial charge in [-0.3, -0.25) is 14.6 Å². The van der Waals surface area contributed by atoms with Crippen molar-refractivity contribution in [2.75, 3.05) is 26.2 Å². The lowest BCUT2D eigenvalue weighted by molar-refractivity contribution is -0.123. The van der Waals surface area contributed by atoms with Crippen LogP contribution in [0.15, 0.2) is 54.7 Å². The Balaban J connectivity index is 1.23. The van der Waals surface area contributed by atoms with E-state index in [4.69, 9.17) is 0 Å². The number of hydrogen-bond acceptors (Lipinski definition) is 4. The highest BCUT2D eigenvalue weighted by molar-refractivity contribution is 5.96. The zero-order valence-corrected chi connectivity index (χ0v) is 24.1. The highest BCUT2D eigenvalue weighted by atomic mass is 19.4. The smallest absolute Gasteiger partial charge is 0.374 e. The van der Waals surface area contributed by atoms with Crippen molar-refractivity contribution < 1.29 is 27.2 Å². The van der Waals surface area contributed by atoms with E-state index < -0.39 is 24.4 Å². The molecule has 3 aromatic rings. The summed E-state index contributed by atoms with van der Waals surface area (Å²) in [5, 5.41) is 3.78. The van der Waals surface area contributed by atoms with E-state index in [1.165, 1.54) is 12.3 Å². The lowest BCUT2D eigenvalue weighted by Gasteiger charge is -2.36. The van der Waals surface area contributed by atoms with Gasteiger partial charge in [0.1, 0.15) is 12.4 Å². The van der Waals surface area contributed by atoms with Crippen LogP contribution in [-0.4, -0.2) is 65.0 Å². The summed E-state index contributed by atoms with van der Waals surface area (Å²) in [6.07, 6.45) is 3.32. The summed E-state index contributed by atoms with van der Waals surface area (Å²) in [6.45, 7) is 4.58. The van der Waals surface area contributed by atoms with Crippen molar-refractivity contribution >= 4 is 24.1 Å². The lowest BCUT2D eigenvalue weighted by Crippen LogP contribution is -2.42. The van der Waals surface area contributed by atoms with Gasteiger partial charge in [0.15, 0.2) is 0 Å². The average Bonchev–Trinajstić information content (AvgIpc) is 3.15. The lowest BCUT2D eigenvalue weighted by atomic mass is 9.95. The Morgan fingerprint density at radius 2 is 1.74 bits per heavy atom. The summed E-state index contributed by atoms with van der Waals surface area (Å²) in [6, 6.07) is 13.7. The third-order valence-corrected chi connectivity index (χ3v) is 8.31. The highest BCUT2D eigenvalue weighted by Gasteiger charge is 2.29. The second-order valence-electron chi connectivity index (χ2n) is 11.3. The number of likely N-dealkylation sites (tertiary alicyclic amines) is 1. The minimum absolute atomic E-state index is 0.0257. The zero-order valence-electron chi connectivity index (χ0n) is 24.1. The maximum atomic E-state index is 13.2. The van der Waals surface area contributed by atoms with E-state index in [0.717, 1.165) is 41.8 Å². The predicted octanol–water partition coefficient (Wildman–Crippen LogP) is 4.65. The van der Waals surface area contributed by atoms with Gasteiger partial charge in [0, 0.05) is 53.8 Å². The molecule has 1 fully saturated rings. The number of amides is 2. The Morgan fingerprint density at radius 3 is 2.40 bits per heavy atom. The van der Waals surface area contributed by atoms with Gasteiger partial charge in [-0.2, -0.15) is 13.2 Å². The molecule has 0 radical (unpaired) electrons. The van der Waals surface area contributed by atoms with E-state index in [2.05, 4.69) is 22.9 Å². The van der Waals surface area contributed by atoms with Crippen LogP contribution in [0.1, 0.15) is 52.5 Å². The molecule has 0 bridgehead atoms. The standard InChI is InChI=1S/C33H34F4N4O2/c1-21-3-4-24-9-11-28(31(42)39-20-33(35,36)37)22(2)29(24)19-41(21)18-23-13-15-40(16-14-23)32(43)26-7-5-25(6-8-26)30-12-10-27(34)17-38-30/h4-12,17,19,21,23H,3,13-16,18,20H2,1-2H3,(H,39,42). The van der Waals surface area contributed by atoms with Gasteiger partial charge >= 0.3 is 6.18 Å². The van der Waals surface area contributed by atoms with Gasteiger partial charge in [-0.25, -0.2) is 4.39 Å². The van der Waals surface area contributed by atoms with Gasteiger partial charge in [-0.1, -0.05) is 24.3 Å². The number of halogens is 4. The van der Waals surface area contributed by atoms with Crippen molar-refractivity contribution in [2.24, 2.45) is 5.92 Å². The van der Waals surface area contributed by atoms with Gasteiger partial charge < -0.3 is 15.1 Å². The number of aromatic nitrogens is 1. The van der Waals surface area contributed by atoms with Crippen molar-refractivity contribution in [3.63, 3.8) is 0 Å². The molecular formula is C33H34F4N4O2. The SMILES string of the molecule is Cc1c(C(=O)NCC(F)(F)F)ccc2c1=CN(CC1CCN(C(=O)c3ccc(-c4ccc(F)cn4)cc3)CC1)C(C)CC=2. The molecule has 10 heteroatoms. The van der Waals surface area contributed by atoms with Crippen LogP contribution in [0.4, 0.5) is 17.6 Å². The van der Waals surface area contributed by atoms with Crippen molar-refractivity contribution in [2.45, 2.75) is 45.3 Å². The fourth-order valence-electron chi connectivity index (χ4n) is 5.71. The molecular weight excluding hydrogens is 560 g/mol. The summed E-state index contributed by atoms with van der Waals surface area (Å²) in [5.74, 6) is -0.812. The molecule has 6 nitrogen and oxygen atoms in total. The highest BCUT2D eigenvalue weighted by Crippen LogP contribution is 2.24. The molecule has 3 heterocycles. The van der Waals surface area contributed by atoms with Crippen molar-refractivity contribution in [1.82, 2.24) is 20.1 Å². The van der Waals surface area contributed by atoms with Gasteiger partial charge in [0.25, 0.3) is 11.8 Å². The van der Waals surface area contributed by atoms with Crippen LogP contribution in [0.2, 0.25) is 0 Å². The van der Waals surface area contributed by atoms with E-state index in [0.29, 0.717) is 35.8 Å². The number of piperidine rings is 1. The van der Waals surface area contributed by atoms with Crippen LogP contribution in [-0.2, 0) is 0 Å². The first-order valence-corrected chi connectivity index (χ1v) is 14.4. The first-order valence-electron chi connectivity index (χ1n) is 14.4. The second kappa shape index (κ2) is 12.6. The second-order valence-corrected chi connectivity index (χ2v) is 11.3. The number of nitrogens with one attached hydrogen (secondary N) is 1. The Morgan fingerprint density at radius 1 is 1.02 bits per heavy atom. The molecule has 1 atom stereocenters. The summed E-state index contributed by atoms with van der Waals surface area (Å²) in [7, 11) is 0. The van der Waals surface area contributed by atoms with Crippen molar-refractivity contribution in [3.05, 3.63) is 87.7 Å². The number of rotatable bonds is 6. The van der Waals surface area contributed by atoms with Crippen LogP contribution in [0.25, 0.3) is 23.5 Å². The largest absolute Gasteiger partial charge is 0.405 e. The van der Waals surface area contributed by atoms with Crippen LogP contribution < -0.4 is 15.8 Å². The molecule has 0 spiro atoms. The minimum Gasteiger partial charge on any atom is -0.374 e. The molecule has 0 aliphatic carbocycles. The number of carbonyl (C=O) groups is 2. The van der Waals surface area contributed by atoms with Gasteiger partial charge in [0.2, 0.25) is 0 Å². The Bertz CT molecular complexity index is 1600. The quantitative estimate of drug-likeness (QED) is 0.422. The van der Waals surface area contributed by atoms with Crippen molar-refractivity contribution in [1.29, 1.82) is 0 Å². The summed E-state index contributed by atoms with van der Waals surface area (Å²) < 4.78 is 51.1. The summed E-state index contributed by atoms with van der Waals surface area (Å²) >= 11 is 0. The number of carbonyl (C=O) groups excluding carboxylic acids is 2. The number of nitrogens with zero attached hydrogens (tertiary/aromatic N) is 3. The topological polar surface area (TPSA) is 65.5 Å². The number of benzene rings is 2. The molecule has 1 N–H and O–H groups in total. The van der Waals surface area contributed by atoms with E-state index in [1.807, 2.05) is 28.5 Å². The Hall–Kier alpha value is -4.21. The molecule has 2 aliphatic rings. The molecule has 2 aromatic carbocycles. The monoisotopic (exact) mass is 594 g/mol. The molecule has 2 aliphatic heterocycles. The first-order chi connectivity index (χ1) is 20.5. The number of hydrogen-bond donors (Lipinski definition) is 1. The fourth-order valence-corrected chi connectivity index (χ4v) is 5.71. The number of alkyl halides is 3. The van der Waals surface area contributed by atoms with E-state index in [1.54, 1.807) is 37.3 Å². The van der Waals surface area contributed by atoms with Crippen LogP contribution in [0.5, 0.6) is 0 Å². The number of pyridine rings is 1. The normalized spacial score (nSPS) is 17.4. The maximum absolute atomic E-state index is 13.2. The van der Waals surface area contributed by atoms with E-state index >= 15 is 0 Å². The maximum Gasteiger partial charge on any atom is 0.405 e. The number of fused-ring (bicyclic) bond motifs is 1. The van der Waals surface area contributed by atoms with Gasteiger partial charge in [-0.05, 0) is 80.1 Å². The third kappa shape index (κ3) is 7.24. The minimum atomic E-state index is -4.48. The summed E-state index contributed by atoms with van der Waals surface area (Å²) in [5.41, 5.74) is 2.92. The van der Waals surface area contributed by atoms with Gasteiger partial charge in [0.05, 0.1) is 11.9 Å². The average molecular weight is 595 g/mol. The Kier molecular flexibility index (Phi) is 8.84. The van der Waals surface area contributed by atoms with E-state index in [9.17, 15) is 27.2 Å². The molecule has 2 amide bonds. The molecule has 0 saturated carbocycles. The molecule has 43 heavy (non-hydrogen) atoms. The fraction of sp³-hybridized carbons (Fsp3) is 0.364. The molecule has 5 rings (SSSR count). The van der Waals surface area contributed by atoms with Gasteiger partial charge in [-0.15, -0.1) is 0 Å². The predicted molar refractivity (Wildman–Crippen MR) is 157 cm³/mol. The molecule has 1 saturated heterocycles. The summed E-state index contributed by atoms with van der Waals surface area (Å²) in [4.78, 5) is 33.9. The molecule has 1 aromatic heterocycles. The van der Waals surface area contributed by atoms with Crippen LogP contribution >= 0.6 is 0 Å². The first kappa shape index (κ1) is 30.3. The van der Waals surface area contributed by atoms with Crippen LogP contribution in [0, 0.1) is 18.7 Å².